The van der Waals surface area contributed by atoms with Gasteiger partial charge in [-0.2, -0.15) is 0 Å². The molecule has 0 saturated carbocycles. The van der Waals surface area contributed by atoms with Gasteiger partial charge >= 0.3 is 6.03 Å². The van der Waals surface area contributed by atoms with E-state index < -0.39 is 0 Å². The van der Waals surface area contributed by atoms with Crippen molar-refractivity contribution in [2.45, 2.75) is 46.7 Å². The topological polar surface area (TPSA) is 67.4 Å². The van der Waals surface area contributed by atoms with Crippen LogP contribution in [-0.2, 0) is 0 Å². The van der Waals surface area contributed by atoms with Crippen LogP contribution < -0.4 is 10.6 Å². The summed E-state index contributed by atoms with van der Waals surface area (Å²) in [7, 11) is 0. The van der Waals surface area contributed by atoms with Crippen LogP contribution in [0.15, 0.2) is 27.0 Å². The number of rotatable bonds is 4. The highest BCUT2D eigenvalue weighted by atomic mass is 16.3. The zero-order valence-corrected chi connectivity index (χ0v) is 13.1. The molecule has 2 aromatic rings. The second-order valence-corrected chi connectivity index (χ2v) is 5.38. The van der Waals surface area contributed by atoms with Crippen LogP contribution in [0.4, 0.5) is 4.79 Å². The van der Waals surface area contributed by atoms with Gasteiger partial charge in [-0.25, -0.2) is 4.79 Å². The lowest BCUT2D eigenvalue weighted by atomic mass is 10.1. The third-order valence-electron chi connectivity index (χ3n) is 3.43. The Bertz CT molecular complexity index is 627. The van der Waals surface area contributed by atoms with Crippen LogP contribution in [0.25, 0.3) is 0 Å². The molecule has 2 heterocycles. The minimum Gasteiger partial charge on any atom is -0.466 e. The standard InChI is InChI=1S/C16H22N2O3/c1-9-6-7-15(21-9)12(4)18-16(19)17-11(3)14-8-10(2)20-13(14)5/h6-8,11-12H,1-5H3,(H2,17,18,19). The van der Waals surface area contributed by atoms with Crippen molar-refractivity contribution in [1.29, 1.82) is 0 Å². The van der Waals surface area contributed by atoms with Gasteiger partial charge in [-0.05, 0) is 52.8 Å². The van der Waals surface area contributed by atoms with E-state index in [0.717, 1.165) is 28.6 Å². The zero-order valence-electron chi connectivity index (χ0n) is 13.1. The first-order valence-electron chi connectivity index (χ1n) is 7.07. The highest BCUT2D eigenvalue weighted by Gasteiger charge is 2.17. The fourth-order valence-corrected chi connectivity index (χ4v) is 2.35. The quantitative estimate of drug-likeness (QED) is 0.896. The highest BCUT2D eigenvalue weighted by molar-refractivity contribution is 5.74. The molecule has 0 bridgehead atoms. The fraction of sp³-hybridized carbons (Fsp3) is 0.438. The number of nitrogens with one attached hydrogen (secondary N) is 2. The smallest absolute Gasteiger partial charge is 0.315 e. The van der Waals surface area contributed by atoms with E-state index in [1.807, 2.05) is 52.8 Å². The van der Waals surface area contributed by atoms with Crippen molar-refractivity contribution in [1.82, 2.24) is 10.6 Å². The molecule has 0 saturated heterocycles. The van der Waals surface area contributed by atoms with Crippen LogP contribution in [0.1, 0.15) is 54.5 Å². The van der Waals surface area contributed by atoms with E-state index in [1.54, 1.807) is 0 Å². The molecule has 114 valence electrons. The number of hydrogen-bond acceptors (Lipinski definition) is 3. The molecule has 2 aromatic heterocycles. The first-order chi connectivity index (χ1) is 9.86. The Hall–Kier alpha value is -2.17. The number of aryl methyl sites for hydroxylation is 3. The lowest BCUT2D eigenvalue weighted by molar-refractivity contribution is 0.233. The molecule has 0 radical (unpaired) electrons. The molecule has 2 rings (SSSR count). The molecular formula is C16H22N2O3. The molecule has 2 atom stereocenters. The minimum absolute atomic E-state index is 0.118. The molecule has 0 aliphatic heterocycles. The van der Waals surface area contributed by atoms with Crippen molar-refractivity contribution in [2.75, 3.05) is 0 Å². The number of carbonyl (C=O) groups is 1. The molecule has 5 nitrogen and oxygen atoms in total. The van der Waals surface area contributed by atoms with Gasteiger partial charge in [0.05, 0.1) is 12.1 Å². The second kappa shape index (κ2) is 6.08. The van der Waals surface area contributed by atoms with Gasteiger partial charge in [0.1, 0.15) is 23.0 Å². The third kappa shape index (κ3) is 3.68. The maximum atomic E-state index is 12.0. The monoisotopic (exact) mass is 290 g/mol. The number of urea groups is 1. The maximum absolute atomic E-state index is 12.0. The molecule has 0 aromatic carbocycles. The van der Waals surface area contributed by atoms with Gasteiger partial charge in [0.15, 0.2) is 0 Å². The SMILES string of the molecule is Cc1ccc(C(C)NC(=O)NC(C)c2cc(C)oc2C)o1. The number of amides is 2. The van der Waals surface area contributed by atoms with Gasteiger partial charge in [-0.1, -0.05) is 0 Å². The van der Waals surface area contributed by atoms with Crippen molar-refractivity contribution in [2.24, 2.45) is 0 Å². The zero-order chi connectivity index (χ0) is 15.6. The van der Waals surface area contributed by atoms with Crippen LogP contribution in [0.3, 0.4) is 0 Å². The van der Waals surface area contributed by atoms with Crippen molar-refractivity contribution in [3.63, 3.8) is 0 Å². The van der Waals surface area contributed by atoms with Gasteiger partial charge in [0.25, 0.3) is 0 Å². The van der Waals surface area contributed by atoms with E-state index in [0.29, 0.717) is 0 Å². The number of hydrogen-bond donors (Lipinski definition) is 2. The second-order valence-electron chi connectivity index (χ2n) is 5.38. The third-order valence-corrected chi connectivity index (χ3v) is 3.43. The van der Waals surface area contributed by atoms with E-state index in [-0.39, 0.29) is 18.1 Å². The van der Waals surface area contributed by atoms with Crippen LogP contribution in [-0.4, -0.2) is 6.03 Å². The summed E-state index contributed by atoms with van der Waals surface area (Å²) in [6.07, 6.45) is 0. The molecule has 0 aliphatic carbocycles. The predicted octanol–water partition coefficient (Wildman–Crippen LogP) is 3.92. The predicted molar refractivity (Wildman–Crippen MR) is 80.1 cm³/mol. The Balaban J connectivity index is 1.94. The first kappa shape index (κ1) is 15.2. The van der Waals surface area contributed by atoms with Gasteiger partial charge in [-0.3, -0.25) is 0 Å². The Kier molecular flexibility index (Phi) is 4.40. The van der Waals surface area contributed by atoms with Crippen LogP contribution in [0.2, 0.25) is 0 Å². The summed E-state index contributed by atoms with van der Waals surface area (Å²) in [5.41, 5.74) is 0.990. The Morgan fingerprint density at radius 3 is 2.19 bits per heavy atom. The molecule has 0 fully saturated rings. The summed E-state index contributed by atoms with van der Waals surface area (Å²) in [6, 6.07) is 5.16. The number of carbonyl (C=O) groups excluding carboxylic acids is 1. The molecule has 2 N–H and O–H groups in total. The molecular weight excluding hydrogens is 268 g/mol. The Morgan fingerprint density at radius 1 is 1.00 bits per heavy atom. The van der Waals surface area contributed by atoms with Gasteiger partial charge in [0.2, 0.25) is 0 Å². The van der Waals surface area contributed by atoms with E-state index in [4.69, 9.17) is 8.83 Å². The Labute approximate surface area is 124 Å². The van der Waals surface area contributed by atoms with E-state index >= 15 is 0 Å². The van der Waals surface area contributed by atoms with Gasteiger partial charge in [0, 0.05) is 5.56 Å². The summed E-state index contributed by atoms with van der Waals surface area (Å²) in [5.74, 6) is 3.24. The molecule has 21 heavy (non-hydrogen) atoms. The van der Waals surface area contributed by atoms with Gasteiger partial charge < -0.3 is 19.5 Å². The van der Waals surface area contributed by atoms with Crippen LogP contribution in [0, 0.1) is 20.8 Å². The molecule has 0 spiro atoms. The largest absolute Gasteiger partial charge is 0.466 e. The summed E-state index contributed by atoms with van der Waals surface area (Å²) in [5, 5.41) is 5.77. The van der Waals surface area contributed by atoms with Crippen molar-refractivity contribution in [3.8, 4) is 0 Å². The normalized spacial score (nSPS) is 13.8. The van der Waals surface area contributed by atoms with Crippen molar-refractivity contribution < 1.29 is 13.6 Å². The number of furan rings is 2. The highest BCUT2D eigenvalue weighted by Crippen LogP contribution is 2.21. The maximum Gasteiger partial charge on any atom is 0.315 e. The Morgan fingerprint density at radius 2 is 1.67 bits per heavy atom. The lowest BCUT2D eigenvalue weighted by Crippen LogP contribution is -2.38. The molecule has 5 heteroatoms. The fourth-order valence-electron chi connectivity index (χ4n) is 2.35. The average Bonchev–Trinajstić information content (AvgIpc) is 2.95. The van der Waals surface area contributed by atoms with Crippen LogP contribution in [0.5, 0.6) is 0 Å². The van der Waals surface area contributed by atoms with Crippen molar-refractivity contribution >= 4 is 6.03 Å². The van der Waals surface area contributed by atoms with Crippen LogP contribution >= 0.6 is 0 Å². The van der Waals surface area contributed by atoms with Crippen molar-refractivity contribution in [3.05, 3.63) is 46.8 Å². The summed E-state index contributed by atoms with van der Waals surface area (Å²) in [4.78, 5) is 12.0. The van der Waals surface area contributed by atoms with E-state index in [2.05, 4.69) is 10.6 Å². The molecule has 2 amide bonds. The van der Waals surface area contributed by atoms with E-state index in [9.17, 15) is 4.79 Å². The summed E-state index contributed by atoms with van der Waals surface area (Å²) in [6.45, 7) is 9.48. The average molecular weight is 290 g/mol. The summed E-state index contributed by atoms with van der Waals surface area (Å²) < 4.78 is 11.0. The first-order valence-corrected chi connectivity index (χ1v) is 7.07. The lowest BCUT2D eigenvalue weighted by Gasteiger charge is -2.17. The molecule has 2 unspecified atom stereocenters. The minimum atomic E-state index is -0.234. The van der Waals surface area contributed by atoms with Gasteiger partial charge in [-0.15, -0.1) is 0 Å². The van der Waals surface area contributed by atoms with E-state index in [1.165, 1.54) is 0 Å². The molecule has 0 aliphatic rings. The summed E-state index contributed by atoms with van der Waals surface area (Å²) >= 11 is 0.